The molecule has 2 nitrogen and oxygen atoms in total. The summed E-state index contributed by atoms with van der Waals surface area (Å²) in [6.07, 6.45) is 0.860. The molecular formula is C20H20BrClN2S. The minimum absolute atomic E-state index is 0.00783. The Bertz CT molecular complexity index is 866. The predicted molar refractivity (Wildman–Crippen MR) is 112 cm³/mol. The van der Waals surface area contributed by atoms with Crippen molar-refractivity contribution in [3.8, 4) is 0 Å². The standard InChI is InChI=1S/C20H20BrClN2S/c1-20(2,3)18-17(12-13-8-10-14(22)11-9-13)25-19(24-18)23-16-7-5-4-6-15(16)21/h4-11H,12H2,1-3H3,(H,23,24). The van der Waals surface area contributed by atoms with Crippen LogP contribution in [0.5, 0.6) is 0 Å². The van der Waals surface area contributed by atoms with Crippen molar-refractivity contribution in [3.63, 3.8) is 0 Å². The van der Waals surface area contributed by atoms with Crippen LogP contribution in [0, 0.1) is 0 Å². The van der Waals surface area contributed by atoms with Gasteiger partial charge in [-0.2, -0.15) is 0 Å². The molecule has 0 unspecified atom stereocenters. The molecule has 0 saturated carbocycles. The molecule has 0 amide bonds. The normalized spacial score (nSPS) is 11.6. The van der Waals surface area contributed by atoms with Crippen molar-refractivity contribution in [1.82, 2.24) is 4.98 Å². The molecule has 2 aromatic carbocycles. The van der Waals surface area contributed by atoms with Crippen molar-refractivity contribution in [2.75, 3.05) is 5.32 Å². The van der Waals surface area contributed by atoms with Gasteiger partial charge in [0.2, 0.25) is 0 Å². The maximum atomic E-state index is 6.00. The Morgan fingerprint density at radius 1 is 1.08 bits per heavy atom. The Hall–Kier alpha value is -1.36. The smallest absolute Gasteiger partial charge is 0.187 e. The van der Waals surface area contributed by atoms with Gasteiger partial charge in [-0.3, -0.25) is 0 Å². The van der Waals surface area contributed by atoms with Crippen molar-refractivity contribution in [2.24, 2.45) is 0 Å². The lowest BCUT2D eigenvalue weighted by atomic mass is 9.90. The fraction of sp³-hybridized carbons (Fsp3) is 0.250. The van der Waals surface area contributed by atoms with Gasteiger partial charge in [-0.15, -0.1) is 11.3 Å². The van der Waals surface area contributed by atoms with Crippen LogP contribution in [0.1, 0.15) is 36.9 Å². The molecule has 0 spiro atoms. The zero-order valence-corrected chi connectivity index (χ0v) is 17.6. The average molecular weight is 436 g/mol. The number of hydrogen-bond acceptors (Lipinski definition) is 3. The molecule has 3 rings (SSSR count). The second-order valence-corrected chi connectivity index (χ2v) is 9.32. The van der Waals surface area contributed by atoms with Crippen molar-refractivity contribution in [3.05, 3.63) is 74.2 Å². The average Bonchev–Trinajstić information content (AvgIpc) is 2.95. The summed E-state index contributed by atoms with van der Waals surface area (Å²) in [4.78, 5) is 6.17. The number of nitrogens with one attached hydrogen (secondary N) is 1. The first-order chi connectivity index (χ1) is 11.8. The Labute approximate surface area is 166 Å². The topological polar surface area (TPSA) is 24.9 Å². The number of thiazole rings is 1. The highest BCUT2D eigenvalue weighted by Crippen LogP contribution is 2.36. The summed E-state index contributed by atoms with van der Waals surface area (Å²) < 4.78 is 1.03. The van der Waals surface area contributed by atoms with E-state index in [1.807, 2.05) is 36.4 Å². The number of hydrogen-bond donors (Lipinski definition) is 1. The minimum Gasteiger partial charge on any atom is -0.331 e. The molecule has 1 N–H and O–H groups in total. The third-order valence-corrected chi connectivity index (χ3v) is 5.72. The summed E-state index contributed by atoms with van der Waals surface area (Å²) in [6.45, 7) is 6.61. The quantitative estimate of drug-likeness (QED) is 0.469. The molecule has 1 aromatic heterocycles. The van der Waals surface area contributed by atoms with Crippen LogP contribution in [0.15, 0.2) is 53.0 Å². The molecule has 0 aliphatic rings. The van der Waals surface area contributed by atoms with E-state index in [4.69, 9.17) is 16.6 Å². The largest absolute Gasteiger partial charge is 0.331 e. The summed E-state index contributed by atoms with van der Waals surface area (Å²) in [5.41, 5.74) is 3.40. The first kappa shape index (κ1) is 18.4. The number of halogens is 2. The summed E-state index contributed by atoms with van der Waals surface area (Å²) in [5, 5.41) is 5.12. The molecule has 3 aromatic rings. The van der Waals surface area contributed by atoms with Crippen LogP contribution >= 0.6 is 38.9 Å². The molecular weight excluding hydrogens is 416 g/mol. The summed E-state index contributed by atoms with van der Waals surface area (Å²) in [7, 11) is 0. The SMILES string of the molecule is CC(C)(C)c1nc(Nc2ccccc2Br)sc1Cc1ccc(Cl)cc1. The van der Waals surface area contributed by atoms with Gasteiger partial charge in [-0.1, -0.05) is 56.6 Å². The van der Waals surface area contributed by atoms with E-state index in [-0.39, 0.29) is 5.41 Å². The molecule has 0 aliphatic heterocycles. The van der Waals surface area contributed by atoms with Crippen molar-refractivity contribution in [2.45, 2.75) is 32.6 Å². The van der Waals surface area contributed by atoms with Crippen LogP contribution in [0.3, 0.4) is 0 Å². The fourth-order valence-corrected chi connectivity index (χ4v) is 4.30. The minimum atomic E-state index is -0.00783. The van der Waals surface area contributed by atoms with E-state index in [9.17, 15) is 0 Å². The van der Waals surface area contributed by atoms with Crippen LogP contribution in [-0.4, -0.2) is 4.98 Å². The number of para-hydroxylation sites is 1. The van der Waals surface area contributed by atoms with E-state index >= 15 is 0 Å². The molecule has 0 radical (unpaired) electrons. The molecule has 25 heavy (non-hydrogen) atoms. The van der Waals surface area contributed by atoms with Crippen LogP contribution in [0.2, 0.25) is 5.02 Å². The molecule has 0 saturated heterocycles. The maximum Gasteiger partial charge on any atom is 0.187 e. The molecule has 0 bridgehead atoms. The van der Waals surface area contributed by atoms with Crippen LogP contribution < -0.4 is 5.32 Å². The Balaban J connectivity index is 1.92. The zero-order chi connectivity index (χ0) is 18.0. The second-order valence-electron chi connectivity index (χ2n) is 6.95. The van der Waals surface area contributed by atoms with E-state index in [0.717, 1.165) is 32.4 Å². The van der Waals surface area contributed by atoms with Gasteiger partial charge in [0, 0.05) is 26.2 Å². The molecule has 0 atom stereocenters. The van der Waals surface area contributed by atoms with Gasteiger partial charge in [0.1, 0.15) is 0 Å². The maximum absolute atomic E-state index is 6.00. The highest BCUT2D eigenvalue weighted by molar-refractivity contribution is 9.10. The van der Waals surface area contributed by atoms with Gasteiger partial charge in [-0.25, -0.2) is 4.98 Å². The van der Waals surface area contributed by atoms with E-state index in [1.54, 1.807) is 11.3 Å². The lowest BCUT2D eigenvalue weighted by molar-refractivity contribution is 0.568. The first-order valence-corrected chi connectivity index (χ1v) is 10.1. The van der Waals surface area contributed by atoms with Crippen LogP contribution in [0.25, 0.3) is 0 Å². The Kier molecular flexibility index (Phi) is 5.52. The van der Waals surface area contributed by atoms with Gasteiger partial charge >= 0.3 is 0 Å². The van der Waals surface area contributed by atoms with E-state index in [1.165, 1.54) is 10.4 Å². The van der Waals surface area contributed by atoms with E-state index in [0.29, 0.717) is 0 Å². The number of anilines is 2. The van der Waals surface area contributed by atoms with Crippen molar-refractivity contribution in [1.29, 1.82) is 0 Å². The number of nitrogens with zero attached hydrogens (tertiary/aromatic N) is 1. The summed E-state index contributed by atoms with van der Waals surface area (Å²) >= 11 is 11.3. The Morgan fingerprint density at radius 2 is 1.76 bits per heavy atom. The predicted octanol–water partition coefficient (Wildman–Crippen LogP) is 7.19. The third-order valence-electron chi connectivity index (χ3n) is 3.80. The Morgan fingerprint density at radius 3 is 2.40 bits per heavy atom. The summed E-state index contributed by atoms with van der Waals surface area (Å²) in [5.74, 6) is 0. The van der Waals surface area contributed by atoms with Gasteiger partial charge in [0.15, 0.2) is 5.13 Å². The monoisotopic (exact) mass is 434 g/mol. The lowest BCUT2D eigenvalue weighted by Crippen LogP contribution is -2.14. The highest BCUT2D eigenvalue weighted by atomic mass is 79.9. The number of aromatic nitrogens is 1. The zero-order valence-electron chi connectivity index (χ0n) is 14.4. The van der Waals surface area contributed by atoms with E-state index < -0.39 is 0 Å². The molecule has 0 fully saturated rings. The molecule has 5 heteroatoms. The van der Waals surface area contributed by atoms with Gasteiger partial charge in [0.25, 0.3) is 0 Å². The molecule has 0 aliphatic carbocycles. The summed E-state index contributed by atoms with van der Waals surface area (Å²) in [6, 6.07) is 16.1. The number of benzene rings is 2. The molecule has 130 valence electrons. The van der Waals surface area contributed by atoms with Gasteiger partial charge in [0.05, 0.1) is 11.4 Å². The van der Waals surface area contributed by atoms with Crippen molar-refractivity contribution >= 4 is 49.7 Å². The third kappa shape index (κ3) is 4.63. The van der Waals surface area contributed by atoms with E-state index in [2.05, 4.69) is 54.2 Å². The number of rotatable bonds is 4. The highest BCUT2D eigenvalue weighted by Gasteiger charge is 2.23. The van der Waals surface area contributed by atoms with Crippen molar-refractivity contribution < 1.29 is 0 Å². The van der Waals surface area contributed by atoms with Crippen LogP contribution in [-0.2, 0) is 11.8 Å². The van der Waals surface area contributed by atoms with Gasteiger partial charge in [-0.05, 0) is 45.8 Å². The lowest BCUT2D eigenvalue weighted by Gasteiger charge is -2.17. The van der Waals surface area contributed by atoms with Crippen LogP contribution in [0.4, 0.5) is 10.8 Å². The molecule has 1 heterocycles. The fourth-order valence-electron chi connectivity index (χ4n) is 2.58. The van der Waals surface area contributed by atoms with Gasteiger partial charge < -0.3 is 5.32 Å². The first-order valence-electron chi connectivity index (χ1n) is 8.09. The second kappa shape index (κ2) is 7.48.